The van der Waals surface area contributed by atoms with Crippen molar-refractivity contribution in [3.63, 3.8) is 0 Å². The summed E-state index contributed by atoms with van der Waals surface area (Å²) in [5.74, 6) is -1.27. The van der Waals surface area contributed by atoms with Crippen molar-refractivity contribution in [3.05, 3.63) is 0 Å². The Morgan fingerprint density at radius 3 is 2.00 bits per heavy atom. The molecule has 1 heterocycles. The van der Waals surface area contributed by atoms with Crippen LogP contribution in [0, 0.1) is 0 Å². The van der Waals surface area contributed by atoms with Crippen LogP contribution in [0.2, 0.25) is 0 Å². The van der Waals surface area contributed by atoms with Crippen molar-refractivity contribution in [1.82, 2.24) is 4.90 Å². The van der Waals surface area contributed by atoms with Gasteiger partial charge in [-0.2, -0.15) is 0 Å². The topological polar surface area (TPSA) is 91.4 Å². The molecular formula is C15H25NO7. The van der Waals surface area contributed by atoms with Crippen LogP contribution in [0.4, 0.5) is 4.79 Å². The summed E-state index contributed by atoms with van der Waals surface area (Å²) in [6.45, 7) is 11.0. The molecule has 0 N–H and O–H groups in total. The minimum absolute atomic E-state index is 0.0392. The van der Waals surface area contributed by atoms with Crippen molar-refractivity contribution >= 4 is 18.0 Å². The zero-order valence-corrected chi connectivity index (χ0v) is 14.7. The van der Waals surface area contributed by atoms with Crippen molar-refractivity contribution in [2.45, 2.75) is 72.1 Å². The summed E-state index contributed by atoms with van der Waals surface area (Å²) in [6, 6.07) is -0.798. The van der Waals surface area contributed by atoms with E-state index in [4.69, 9.17) is 18.9 Å². The lowest BCUT2D eigenvalue weighted by atomic mass is 10.2. The smallest absolute Gasteiger partial charge is 0.413 e. The van der Waals surface area contributed by atoms with Crippen LogP contribution in [0.5, 0.6) is 0 Å². The molecule has 0 aromatic rings. The van der Waals surface area contributed by atoms with Crippen LogP contribution in [-0.4, -0.2) is 53.2 Å². The van der Waals surface area contributed by atoms with Gasteiger partial charge in [-0.05, 0) is 34.6 Å². The Morgan fingerprint density at radius 1 is 1.13 bits per heavy atom. The van der Waals surface area contributed by atoms with Gasteiger partial charge in [0.05, 0.1) is 6.61 Å². The number of ether oxygens (including phenoxy) is 4. The minimum atomic E-state index is -1.26. The Hall–Kier alpha value is -1.83. The van der Waals surface area contributed by atoms with Gasteiger partial charge in [-0.3, -0.25) is 14.5 Å². The Balaban J connectivity index is 3.07. The molecule has 1 atom stereocenters. The lowest BCUT2D eigenvalue weighted by Crippen LogP contribution is -2.54. The number of nitrogens with zero attached hydrogens (tertiary/aromatic N) is 1. The zero-order valence-electron chi connectivity index (χ0n) is 14.7. The van der Waals surface area contributed by atoms with E-state index in [2.05, 4.69) is 0 Å². The van der Waals surface area contributed by atoms with Crippen LogP contribution in [0.25, 0.3) is 0 Å². The van der Waals surface area contributed by atoms with Crippen LogP contribution in [0.3, 0.4) is 0 Å². The van der Waals surface area contributed by atoms with Gasteiger partial charge in [-0.1, -0.05) is 0 Å². The first kappa shape index (κ1) is 19.2. The van der Waals surface area contributed by atoms with Gasteiger partial charge >= 0.3 is 18.0 Å². The van der Waals surface area contributed by atoms with Gasteiger partial charge in [0, 0.05) is 13.8 Å². The molecule has 1 aliphatic rings. The number of carbonyl (C=O) groups excluding carboxylic acids is 3. The normalized spacial score (nSPS) is 20.3. The van der Waals surface area contributed by atoms with Gasteiger partial charge in [0.25, 0.3) is 6.29 Å². The van der Waals surface area contributed by atoms with E-state index in [1.807, 2.05) is 0 Å². The molecule has 0 unspecified atom stereocenters. The molecule has 1 amide bonds. The summed E-state index contributed by atoms with van der Waals surface area (Å²) in [6.07, 6.45) is -1.91. The Morgan fingerprint density at radius 2 is 1.61 bits per heavy atom. The van der Waals surface area contributed by atoms with Crippen molar-refractivity contribution < 1.29 is 33.3 Å². The highest BCUT2D eigenvalue weighted by Crippen LogP contribution is 2.32. The second kappa shape index (κ2) is 6.74. The molecule has 8 nitrogen and oxygen atoms in total. The molecule has 0 saturated carbocycles. The van der Waals surface area contributed by atoms with Crippen LogP contribution in [0.1, 0.15) is 48.5 Å². The third kappa shape index (κ3) is 5.38. The van der Waals surface area contributed by atoms with Crippen molar-refractivity contribution in [2.24, 2.45) is 0 Å². The Bertz CT molecular complexity index is 465. The molecule has 0 aromatic heterocycles. The fourth-order valence-corrected chi connectivity index (χ4v) is 2.21. The van der Waals surface area contributed by atoms with Gasteiger partial charge in [0.2, 0.25) is 0 Å². The molecule has 0 spiro atoms. The molecule has 0 aliphatic carbocycles. The highest BCUT2D eigenvalue weighted by molar-refractivity contribution is 5.71. The molecule has 23 heavy (non-hydrogen) atoms. The van der Waals surface area contributed by atoms with E-state index in [1.54, 1.807) is 34.6 Å². The van der Waals surface area contributed by atoms with Crippen molar-refractivity contribution in [2.75, 3.05) is 6.61 Å². The van der Waals surface area contributed by atoms with E-state index in [1.165, 1.54) is 18.7 Å². The lowest BCUT2D eigenvalue weighted by molar-refractivity contribution is -0.195. The van der Waals surface area contributed by atoms with Crippen LogP contribution in [-0.2, 0) is 28.5 Å². The van der Waals surface area contributed by atoms with E-state index in [0.717, 1.165) is 0 Å². The maximum Gasteiger partial charge on any atom is 0.413 e. The quantitative estimate of drug-likeness (QED) is 0.575. The summed E-state index contributed by atoms with van der Waals surface area (Å²) >= 11 is 0. The van der Waals surface area contributed by atoms with Crippen LogP contribution < -0.4 is 0 Å². The Kier molecular flexibility index (Phi) is 5.63. The first-order chi connectivity index (χ1) is 10.3. The molecule has 8 heteroatoms. The summed E-state index contributed by atoms with van der Waals surface area (Å²) in [4.78, 5) is 36.3. The number of hydrogen-bond donors (Lipinski definition) is 0. The van der Waals surface area contributed by atoms with Crippen molar-refractivity contribution in [1.29, 1.82) is 0 Å². The predicted octanol–water partition coefficient (Wildman–Crippen LogP) is 1.81. The third-order valence-electron chi connectivity index (χ3n) is 2.99. The van der Waals surface area contributed by atoms with Crippen molar-refractivity contribution in [3.8, 4) is 0 Å². The summed E-state index contributed by atoms with van der Waals surface area (Å²) in [5.41, 5.74) is -1.70. The van der Waals surface area contributed by atoms with E-state index >= 15 is 0 Å². The fourth-order valence-electron chi connectivity index (χ4n) is 2.21. The molecule has 0 bridgehead atoms. The number of hydrogen-bond acceptors (Lipinski definition) is 7. The molecule has 132 valence electrons. The molecule has 1 aliphatic heterocycles. The van der Waals surface area contributed by atoms with E-state index < -0.39 is 41.7 Å². The van der Waals surface area contributed by atoms with Gasteiger partial charge < -0.3 is 18.9 Å². The molecule has 1 saturated heterocycles. The fraction of sp³-hybridized carbons (Fsp3) is 0.800. The monoisotopic (exact) mass is 331 g/mol. The zero-order chi connectivity index (χ0) is 18.0. The minimum Gasteiger partial charge on any atom is -0.444 e. The maximum atomic E-state index is 12.5. The first-order valence-corrected chi connectivity index (χ1v) is 7.34. The van der Waals surface area contributed by atoms with Crippen LogP contribution in [0.15, 0.2) is 0 Å². The predicted molar refractivity (Wildman–Crippen MR) is 79.2 cm³/mol. The lowest BCUT2D eigenvalue weighted by Gasteiger charge is -2.36. The molecular weight excluding hydrogens is 306 g/mol. The van der Waals surface area contributed by atoms with Crippen LogP contribution >= 0.6 is 0 Å². The third-order valence-corrected chi connectivity index (χ3v) is 2.99. The highest BCUT2D eigenvalue weighted by atomic mass is 16.7. The number of rotatable bonds is 3. The second-order valence-electron chi connectivity index (χ2n) is 6.76. The molecule has 1 fully saturated rings. The van der Waals surface area contributed by atoms with E-state index in [-0.39, 0.29) is 6.61 Å². The SMILES string of the molecule is CC(=O)OC(OC(C)=O)[C@@H]1COC(C)(C)N1C(=O)OC(C)(C)C. The average molecular weight is 331 g/mol. The number of esters is 2. The average Bonchev–Trinajstić information content (AvgIpc) is 2.60. The summed E-state index contributed by atoms with van der Waals surface area (Å²) < 4.78 is 21.0. The number of amides is 1. The summed E-state index contributed by atoms with van der Waals surface area (Å²) in [5, 5.41) is 0. The van der Waals surface area contributed by atoms with Gasteiger partial charge in [0.15, 0.2) is 0 Å². The first-order valence-electron chi connectivity index (χ1n) is 7.34. The molecule has 0 aromatic carbocycles. The summed E-state index contributed by atoms with van der Waals surface area (Å²) in [7, 11) is 0. The Labute approximate surface area is 136 Å². The highest BCUT2D eigenvalue weighted by Gasteiger charge is 2.51. The van der Waals surface area contributed by atoms with E-state index in [0.29, 0.717) is 0 Å². The molecule has 1 rings (SSSR count). The van der Waals surface area contributed by atoms with Gasteiger partial charge in [-0.15, -0.1) is 0 Å². The van der Waals surface area contributed by atoms with E-state index in [9.17, 15) is 14.4 Å². The largest absolute Gasteiger partial charge is 0.444 e. The second-order valence-corrected chi connectivity index (χ2v) is 6.76. The van der Waals surface area contributed by atoms with Gasteiger partial charge in [0.1, 0.15) is 17.4 Å². The van der Waals surface area contributed by atoms with Gasteiger partial charge in [-0.25, -0.2) is 4.79 Å². The standard InChI is InChI=1S/C15H25NO7/c1-9(17)21-12(22-10(2)18)11-8-20-15(6,7)16(11)13(19)23-14(3,4)5/h11-12H,8H2,1-7H3/t11-/m0/s1. The number of carbonyl (C=O) groups is 3. The molecule has 0 radical (unpaired) electrons. The maximum absolute atomic E-state index is 12.5.